The lowest BCUT2D eigenvalue weighted by Gasteiger charge is -2.19. The summed E-state index contributed by atoms with van der Waals surface area (Å²) in [4.78, 5) is 37.0. The summed E-state index contributed by atoms with van der Waals surface area (Å²) < 4.78 is 10.4. The highest BCUT2D eigenvalue weighted by Gasteiger charge is 2.19. The van der Waals surface area contributed by atoms with Crippen LogP contribution in [0.15, 0.2) is 41.8 Å². The van der Waals surface area contributed by atoms with Gasteiger partial charge in [0.05, 0.1) is 12.1 Å². The molecular weight excluding hydrogens is 380 g/mol. The molecule has 150 valence electrons. The molecule has 1 aromatic heterocycles. The number of rotatable bonds is 6. The molecule has 0 radical (unpaired) electrons. The van der Waals surface area contributed by atoms with Gasteiger partial charge in [0.15, 0.2) is 6.10 Å². The highest BCUT2D eigenvalue weighted by molar-refractivity contribution is 7.09. The number of thiophene rings is 1. The number of benzene rings is 1. The van der Waals surface area contributed by atoms with E-state index < -0.39 is 23.8 Å². The number of hydrogen-bond acceptors (Lipinski definition) is 6. The van der Waals surface area contributed by atoms with Crippen molar-refractivity contribution in [3.8, 4) is 0 Å². The van der Waals surface area contributed by atoms with Crippen LogP contribution in [0.5, 0.6) is 0 Å². The Morgan fingerprint density at radius 3 is 2.36 bits per heavy atom. The molecule has 0 saturated heterocycles. The molecule has 0 aliphatic heterocycles. The van der Waals surface area contributed by atoms with E-state index in [4.69, 9.17) is 9.47 Å². The van der Waals surface area contributed by atoms with Crippen molar-refractivity contribution in [2.24, 2.45) is 0 Å². The van der Waals surface area contributed by atoms with E-state index in [0.717, 1.165) is 4.88 Å². The number of carbonyl (C=O) groups is 3. The summed E-state index contributed by atoms with van der Waals surface area (Å²) >= 11 is 1.53. The summed E-state index contributed by atoms with van der Waals surface area (Å²) in [5, 5.41) is 7.22. The van der Waals surface area contributed by atoms with Crippen LogP contribution in [-0.4, -0.2) is 29.7 Å². The van der Waals surface area contributed by atoms with Crippen molar-refractivity contribution in [1.82, 2.24) is 5.32 Å². The van der Waals surface area contributed by atoms with Crippen LogP contribution in [0.2, 0.25) is 0 Å². The van der Waals surface area contributed by atoms with E-state index in [2.05, 4.69) is 10.6 Å². The van der Waals surface area contributed by atoms with Crippen molar-refractivity contribution in [2.75, 3.05) is 5.32 Å². The Morgan fingerprint density at radius 2 is 1.79 bits per heavy atom. The average molecular weight is 404 g/mol. The zero-order chi connectivity index (χ0) is 20.7. The number of amides is 2. The third-order valence-electron chi connectivity index (χ3n) is 3.44. The molecule has 2 aromatic rings. The predicted molar refractivity (Wildman–Crippen MR) is 107 cm³/mol. The van der Waals surface area contributed by atoms with Gasteiger partial charge in [-0.1, -0.05) is 6.07 Å². The number of carbonyl (C=O) groups excluding carboxylic acids is 3. The van der Waals surface area contributed by atoms with Gasteiger partial charge in [-0.25, -0.2) is 9.59 Å². The quantitative estimate of drug-likeness (QED) is 0.711. The molecule has 0 saturated carbocycles. The molecular formula is C20H24N2O5S. The van der Waals surface area contributed by atoms with Crippen molar-refractivity contribution < 1.29 is 23.9 Å². The number of esters is 1. The number of hydrogen-bond donors (Lipinski definition) is 2. The van der Waals surface area contributed by atoms with Crippen LogP contribution in [0.25, 0.3) is 0 Å². The number of anilines is 1. The molecule has 1 atom stereocenters. The van der Waals surface area contributed by atoms with Gasteiger partial charge in [-0.2, -0.15) is 0 Å². The molecule has 0 bridgehead atoms. The average Bonchev–Trinajstić information content (AvgIpc) is 3.12. The van der Waals surface area contributed by atoms with Gasteiger partial charge < -0.3 is 14.8 Å². The van der Waals surface area contributed by atoms with E-state index in [1.165, 1.54) is 30.4 Å². The minimum atomic E-state index is -0.924. The largest absolute Gasteiger partial charge is 0.449 e. The minimum Gasteiger partial charge on any atom is -0.449 e. The molecule has 1 aromatic carbocycles. The number of nitrogens with one attached hydrogen (secondary N) is 2. The first kappa shape index (κ1) is 21.4. The molecule has 1 heterocycles. The molecule has 8 heteroatoms. The standard InChI is InChI=1S/C20H24N2O5S/c1-13(17(23)21-12-16-6-5-11-28-16)26-18(24)14-7-9-15(10-8-14)22-19(25)27-20(2,3)4/h5-11,13H,12H2,1-4H3,(H,21,23)(H,22,25)/t13-/m0/s1. The lowest BCUT2D eigenvalue weighted by atomic mass is 10.2. The molecule has 0 aliphatic carbocycles. The summed E-state index contributed by atoms with van der Waals surface area (Å²) in [5.74, 6) is -0.993. The number of ether oxygens (including phenoxy) is 2. The summed E-state index contributed by atoms with van der Waals surface area (Å²) in [7, 11) is 0. The first-order chi connectivity index (χ1) is 13.1. The maximum atomic E-state index is 12.2. The second-order valence-corrected chi connectivity index (χ2v) is 8.08. The minimum absolute atomic E-state index is 0.271. The molecule has 2 amide bonds. The first-order valence-electron chi connectivity index (χ1n) is 8.75. The van der Waals surface area contributed by atoms with Crippen molar-refractivity contribution in [3.63, 3.8) is 0 Å². The maximum absolute atomic E-state index is 12.2. The van der Waals surface area contributed by atoms with Crippen LogP contribution in [0.4, 0.5) is 10.5 Å². The van der Waals surface area contributed by atoms with Gasteiger partial charge in [0, 0.05) is 10.6 Å². The second-order valence-electron chi connectivity index (χ2n) is 7.05. The van der Waals surface area contributed by atoms with Crippen molar-refractivity contribution >= 4 is 35.0 Å². The fourth-order valence-electron chi connectivity index (χ4n) is 2.12. The van der Waals surface area contributed by atoms with Crippen LogP contribution in [0.3, 0.4) is 0 Å². The molecule has 0 fully saturated rings. The molecule has 2 rings (SSSR count). The van der Waals surface area contributed by atoms with Crippen LogP contribution in [-0.2, 0) is 20.8 Å². The zero-order valence-corrected chi connectivity index (χ0v) is 17.1. The van der Waals surface area contributed by atoms with E-state index in [-0.39, 0.29) is 11.5 Å². The SMILES string of the molecule is C[C@H](OC(=O)c1ccc(NC(=O)OC(C)(C)C)cc1)C(=O)NCc1cccs1. The molecule has 2 N–H and O–H groups in total. The maximum Gasteiger partial charge on any atom is 0.412 e. The van der Waals surface area contributed by atoms with Crippen LogP contribution in [0.1, 0.15) is 42.9 Å². The van der Waals surface area contributed by atoms with Gasteiger partial charge >= 0.3 is 12.1 Å². The molecule has 0 spiro atoms. The van der Waals surface area contributed by atoms with E-state index in [1.807, 2.05) is 17.5 Å². The highest BCUT2D eigenvalue weighted by atomic mass is 32.1. The Balaban J connectivity index is 1.84. The summed E-state index contributed by atoms with van der Waals surface area (Å²) in [6.07, 6.45) is -1.51. The van der Waals surface area contributed by atoms with Crippen LogP contribution < -0.4 is 10.6 Å². The third-order valence-corrected chi connectivity index (χ3v) is 4.31. The third kappa shape index (κ3) is 7.03. The fourth-order valence-corrected chi connectivity index (χ4v) is 2.77. The van der Waals surface area contributed by atoms with Gasteiger partial charge in [-0.15, -0.1) is 11.3 Å². The molecule has 0 unspecified atom stereocenters. The normalized spacial score (nSPS) is 12.0. The molecule has 7 nitrogen and oxygen atoms in total. The lowest BCUT2D eigenvalue weighted by molar-refractivity contribution is -0.129. The summed E-state index contributed by atoms with van der Waals surface area (Å²) in [5.41, 5.74) is 0.147. The monoisotopic (exact) mass is 404 g/mol. The Morgan fingerprint density at radius 1 is 1.11 bits per heavy atom. The lowest BCUT2D eigenvalue weighted by Crippen LogP contribution is -2.35. The van der Waals surface area contributed by atoms with E-state index in [0.29, 0.717) is 12.2 Å². The fraction of sp³-hybridized carbons (Fsp3) is 0.350. The summed E-state index contributed by atoms with van der Waals surface area (Å²) in [6.45, 7) is 7.21. The van der Waals surface area contributed by atoms with E-state index in [9.17, 15) is 14.4 Å². The zero-order valence-electron chi connectivity index (χ0n) is 16.3. The Bertz CT molecular complexity index is 810. The van der Waals surface area contributed by atoms with Crippen molar-refractivity contribution in [1.29, 1.82) is 0 Å². The van der Waals surface area contributed by atoms with Gasteiger partial charge in [-0.3, -0.25) is 10.1 Å². The van der Waals surface area contributed by atoms with Gasteiger partial charge in [0.2, 0.25) is 0 Å². The molecule has 0 aliphatic rings. The van der Waals surface area contributed by atoms with E-state index >= 15 is 0 Å². The predicted octanol–water partition coefficient (Wildman–Crippen LogP) is 3.96. The summed E-state index contributed by atoms with van der Waals surface area (Å²) in [6, 6.07) is 9.94. The smallest absolute Gasteiger partial charge is 0.412 e. The molecule has 28 heavy (non-hydrogen) atoms. The van der Waals surface area contributed by atoms with Crippen LogP contribution in [0, 0.1) is 0 Å². The Hall–Kier alpha value is -2.87. The topological polar surface area (TPSA) is 93.7 Å². The van der Waals surface area contributed by atoms with Gasteiger partial charge in [0.25, 0.3) is 5.91 Å². The van der Waals surface area contributed by atoms with Crippen molar-refractivity contribution in [2.45, 2.75) is 45.9 Å². The van der Waals surface area contributed by atoms with E-state index in [1.54, 1.807) is 32.9 Å². The van der Waals surface area contributed by atoms with Crippen LogP contribution >= 0.6 is 11.3 Å². The second kappa shape index (κ2) is 9.36. The van der Waals surface area contributed by atoms with Gasteiger partial charge in [0.1, 0.15) is 5.60 Å². The van der Waals surface area contributed by atoms with Gasteiger partial charge in [-0.05, 0) is 63.4 Å². The Kier molecular flexibility index (Phi) is 7.17. The highest BCUT2D eigenvalue weighted by Crippen LogP contribution is 2.14. The first-order valence-corrected chi connectivity index (χ1v) is 9.63. The van der Waals surface area contributed by atoms with Crippen molar-refractivity contribution in [3.05, 3.63) is 52.2 Å². The Labute approximate surface area is 168 Å².